The number of ketones is 1. The molecule has 1 atom stereocenters. The number of nitrogens with zero attached hydrogens (tertiary/aromatic N) is 2. The van der Waals surface area contributed by atoms with Gasteiger partial charge in [-0.25, -0.2) is 0 Å². The van der Waals surface area contributed by atoms with Gasteiger partial charge in [0, 0.05) is 32.2 Å². The van der Waals surface area contributed by atoms with E-state index >= 15 is 0 Å². The number of hydrogen-bond acceptors (Lipinski definition) is 3. The van der Waals surface area contributed by atoms with Gasteiger partial charge in [0.15, 0.2) is 0 Å². The normalized spacial score (nSPS) is 19.8. The number of Topliss-reactive ketones (excluding diaryl/α,β-unsaturated/α-hetero) is 1. The maximum Gasteiger partial charge on any atom is 0.141 e. The summed E-state index contributed by atoms with van der Waals surface area (Å²) in [5, 5.41) is 4.35. The highest BCUT2D eigenvalue weighted by molar-refractivity contribution is 5.81. The number of ether oxygens (including phenoxy) is 1. The standard InChI is InChI=1S/C13H20N2O2/c1-3-10-7-11(15(2)14-10)8-12(16)9-13-5-4-6-17-13/h7,13H,3-6,8-9H2,1-2H3. The lowest BCUT2D eigenvalue weighted by atomic mass is 10.1. The van der Waals surface area contributed by atoms with Gasteiger partial charge >= 0.3 is 0 Å². The summed E-state index contributed by atoms with van der Waals surface area (Å²) in [6.45, 7) is 2.88. The Balaban J connectivity index is 1.90. The maximum absolute atomic E-state index is 11.9. The van der Waals surface area contributed by atoms with E-state index in [4.69, 9.17) is 4.74 Å². The van der Waals surface area contributed by atoms with E-state index in [1.807, 2.05) is 17.8 Å². The molecule has 0 N–H and O–H groups in total. The van der Waals surface area contributed by atoms with E-state index in [1.165, 1.54) is 0 Å². The van der Waals surface area contributed by atoms with Crippen molar-refractivity contribution < 1.29 is 9.53 Å². The molecule has 1 fully saturated rings. The summed E-state index contributed by atoms with van der Waals surface area (Å²) < 4.78 is 7.29. The molecule has 0 aliphatic carbocycles. The summed E-state index contributed by atoms with van der Waals surface area (Å²) in [6, 6.07) is 2.02. The first-order valence-corrected chi connectivity index (χ1v) is 6.34. The molecule has 1 aromatic heterocycles. The van der Waals surface area contributed by atoms with Gasteiger partial charge < -0.3 is 4.74 Å². The number of carbonyl (C=O) groups is 1. The Kier molecular flexibility index (Phi) is 3.94. The van der Waals surface area contributed by atoms with Gasteiger partial charge in [0.2, 0.25) is 0 Å². The third kappa shape index (κ3) is 3.16. The predicted octanol–water partition coefficient (Wildman–Crippen LogP) is 1.66. The molecule has 0 spiro atoms. The number of hydrogen-bond donors (Lipinski definition) is 0. The minimum atomic E-state index is 0.154. The van der Waals surface area contributed by atoms with Crippen LogP contribution in [0.15, 0.2) is 6.07 Å². The minimum absolute atomic E-state index is 0.154. The molecule has 0 aromatic carbocycles. The number of aromatic nitrogens is 2. The molecule has 1 aromatic rings. The van der Waals surface area contributed by atoms with Gasteiger partial charge in [-0.3, -0.25) is 9.48 Å². The Morgan fingerprint density at radius 3 is 3.06 bits per heavy atom. The fraction of sp³-hybridized carbons (Fsp3) is 0.692. The van der Waals surface area contributed by atoms with Crippen LogP contribution in [0.25, 0.3) is 0 Å². The summed E-state index contributed by atoms with van der Waals surface area (Å²) in [5.74, 6) is 0.252. The Morgan fingerprint density at radius 2 is 2.47 bits per heavy atom. The van der Waals surface area contributed by atoms with Crippen LogP contribution in [0.3, 0.4) is 0 Å². The van der Waals surface area contributed by atoms with E-state index in [9.17, 15) is 4.79 Å². The van der Waals surface area contributed by atoms with Crippen LogP contribution in [0.1, 0.15) is 37.6 Å². The molecule has 0 saturated carbocycles. The summed E-state index contributed by atoms with van der Waals surface area (Å²) >= 11 is 0. The predicted molar refractivity (Wildman–Crippen MR) is 64.9 cm³/mol. The molecule has 4 heteroatoms. The second-order valence-electron chi connectivity index (χ2n) is 4.66. The van der Waals surface area contributed by atoms with Crippen molar-refractivity contribution in [3.63, 3.8) is 0 Å². The van der Waals surface area contributed by atoms with Crippen molar-refractivity contribution >= 4 is 5.78 Å². The lowest BCUT2D eigenvalue weighted by Crippen LogP contribution is -2.15. The van der Waals surface area contributed by atoms with Gasteiger partial charge in [0.05, 0.1) is 11.8 Å². The van der Waals surface area contributed by atoms with Crippen molar-refractivity contribution in [2.75, 3.05) is 6.61 Å². The first-order chi connectivity index (χ1) is 8.19. The SMILES string of the molecule is CCc1cc(CC(=O)CC2CCCO2)n(C)n1. The Hall–Kier alpha value is -1.16. The quantitative estimate of drug-likeness (QED) is 0.781. The fourth-order valence-electron chi connectivity index (χ4n) is 2.24. The second kappa shape index (κ2) is 5.45. The van der Waals surface area contributed by atoms with Crippen LogP contribution < -0.4 is 0 Å². The lowest BCUT2D eigenvalue weighted by molar-refractivity contribution is -0.120. The molecule has 1 aliphatic rings. The smallest absolute Gasteiger partial charge is 0.141 e. The molecule has 2 rings (SSSR count). The van der Waals surface area contributed by atoms with Crippen LogP contribution in [0.2, 0.25) is 0 Å². The van der Waals surface area contributed by atoms with Crippen molar-refractivity contribution in [3.05, 3.63) is 17.5 Å². The molecular formula is C13H20N2O2. The number of rotatable bonds is 5. The van der Waals surface area contributed by atoms with E-state index < -0.39 is 0 Å². The van der Waals surface area contributed by atoms with E-state index in [0.29, 0.717) is 12.8 Å². The van der Waals surface area contributed by atoms with Crippen molar-refractivity contribution in [2.24, 2.45) is 7.05 Å². The first-order valence-electron chi connectivity index (χ1n) is 6.34. The average molecular weight is 236 g/mol. The fourth-order valence-corrected chi connectivity index (χ4v) is 2.24. The summed E-state index contributed by atoms with van der Waals surface area (Å²) in [6.07, 6.45) is 4.20. The zero-order chi connectivity index (χ0) is 12.3. The largest absolute Gasteiger partial charge is 0.378 e. The van der Waals surface area contributed by atoms with Gasteiger partial charge in [-0.1, -0.05) is 6.92 Å². The Labute approximate surface area is 102 Å². The summed E-state index contributed by atoms with van der Waals surface area (Å²) in [4.78, 5) is 11.9. The average Bonchev–Trinajstić information content (AvgIpc) is 2.89. The zero-order valence-corrected chi connectivity index (χ0v) is 10.6. The zero-order valence-electron chi connectivity index (χ0n) is 10.6. The highest BCUT2D eigenvalue weighted by Crippen LogP contribution is 2.16. The molecule has 0 radical (unpaired) electrons. The van der Waals surface area contributed by atoms with Gasteiger partial charge in [0.25, 0.3) is 0 Å². The third-order valence-electron chi connectivity index (χ3n) is 3.25. The van der Waals surface area contributed by atoms with Gasteiger partial charge in [-0.15, -0.1) is 0 Å². The molecule has 1 unspecified atom stereocenters. The molecule has 0 bridgehead atoms. The van der Waals surface area contributed by atoms with Crippen molar-refractivity contribution in [3.8, 4) is 0 Å². The van der Waals surface area contributed by atoms with Crippen molar-refractivity contribution in [2.45, 2.75) is 45.1 Å². The van der Waals surface area contributed by atoms with E-state index in [2.05, 4.69) is 12.0 Å². The lowest BCUT2D eigenvalue weighted by Gasteiger charge is -2.07. The number of aryl methyl sites for hydroxylation is 2. The molecule has 1 saturated heterocycles. The summed E-state index contributed by atoms with van der Waals surface area (Å²) in [7, 11) is 1.90. The first kappa shape index (κ1) is 12.3. The minimum Gasteiger partial charge on any atom is -0.378 e. The van der Waals surface area contributed by atoms with Crippen LogP contribution in [0.4, 0.5) is 0 Å². The van der Waals surface area contributed by atoms with Crippen molar-refractivity contribution in [1.82, 2.24) is 9.78 Å². The molecular weight excluding hydrogens is 216 g/mol. The Bertz CT molecular complexity index is 392. The van der Waals surface area contributed by atoms with Crippen molar-refractivity contribution in [1.29, 1.82) is 0 Å². The van der Waals surface area contributed by atoms with Crippen LogP contribution in [-0.2, 0) is 29.4 Å². The molecule has 4 nitrogen and oxygen atoms in total. The van der Waals surface area contributed by atoms with E-state index in [0.717, 1.165) is 37.3 Å². The van der Waals surface area contributed by atoms with E-state index in [-0.39, 0.29) is 11.9 Å². The summed E-state index contributed by atoms with van der Waals surface area (Å²) in [5.41, 5.74) is 2.05. The monoisotopic (exact) mass is 236 g/mol. The topological polar surface area (TPSA) is 44.1 Å². The van der Waals surface area contributed by atoms with Gasteiger partial charge in [-0.2, -0.15) is 5.10 Å². The molecule has 1 aliphatic heterocycles. The third-order valence-corrected chi connectivity index (χ3v) is 3.25. The number of carbonyl (C=O) groups excluding carboxylic acids is 1. The van der Waals surface area contributed by atoms with Crippen LogP contribution in [0.5, 0.6) is 0 Å². The van der Waals surface area contributed by atoms with Gasteiger partial charge in [0.1, 0.15) is 5.78 Å². The van der Waals surface area contributed by atoms with Crippen LogP contribution >= 0.6 is 0 Å². The maximum atomic E-state index is 11.9. The van der Waals surface area contributed by atoms with Gasteiger partial charge in [-0.05, 0) is 25.3 Å². The molecule has 0 amide bonds. The van der Waals surface area contributed by atoms with Crippen LogP contribution in [0, 0.1) is 0 Å². The van der Waals surface area contributed by atoms with Crippen LogP contribution in [-0.4, -0.2) is 28.3 Å². The molecule has 94 valence electrons. The highest BCUT2D eigenvalue weighted by atomic mass is 16.5. The molecule has 17 heavy (non-hydrogen) atoms. The molecule has 2 heterocycles. The highest BCUT2D eigenvalue weighted by Gasteiger charge is 2.19. The van der Waals surface area contributed by atoms with E-state index in [1.54, 1.807) is 0 Å². The second-order valence-corrected chi connectivity index (χ2v) is 4.66. The Morgan fingerprint density at radius 1 is 1.65 bits per heavy atom.